The van der Waals surface area contributed by atoms with E-state index in [-0.39, 0.29) is 5.92 Å². The second-order valence-electron chi connectivity index (χ2n) is 3.51. The molecule has 0 saturated heterocycles. The van der Waals surface area contributed by atoms with E-state index < -0.39 is 6.09 Å². The van der Waals surface area contributed by atoms with E-state index in [4.69, 9.17) is 9.47 Å². The molecule has 7 heteroatoms. The molecule has 6 nitrogen and oxygen atoms in total. The van der Waals surface area contributed by atoms with Crippen LogP contribution in [0, 0.1) is 5.92 Å². The Bertz CT molecular complexity index is 393. The molecule has 16 heavy (non-hydrogen) atoms. The topological polar surface area (TPSA) is 65.4 Å². The van der Waals surface area contributed by atoms with Gasteiger partial charge in [0, 0.05) is 13.0 Å². The number of nitrogens with one attached hydrogen (secondary N) is 1. The lowest BCUT2D eigenvalue weighted by Crippen LogP contribution is -2.31. The highest BCUT2D eigenvalue weighted by atomic mass is 79.9. The number of carbonyl (C=O) groups is 1. The summed E-state index contributed by atoms with van der Waals surface area (Å²) in [5.41, 5.74) is 0. The molecular formula is C9H12BrN3O3. The second kappa shape index (κ2) is 4.73. The first kappa shape index (κ1) is 11.3. The highest BCUT2D eigenvalue weighted by Gasteiger charge is 2.23. The fraction of sp³-hybridized carbons (Fsp3) is 0.556. The van der Waals surface area contributed by atoms with Crippen molar-refractivity contribution in [3.05, 3.63) is 10.7 Å². The van der Waals surface area contributed by atoms with Gasteiger partial charge in [0.25, 0.3) is 0 Å². The Labute approximate surface area is 101 Å². The number of hydrogen-bond donors (Lipinski definition) is 1. The maximum atomic E-state index is 10.9. The minimum atomic E-state index is -0.424. The predicted octanol–water partition coefficient (Wildman–Crippen LogP) is 1.01. The Morgan fingerprint density at radius 2 is 2.69 bits per heavy atom. The number of rotatable bonds is 2. The van der Waals surface area contributed by atoms with E-state index in [2.05, 4.69) is 26.3 Å². The Morgan fingerprint density at radius 3 is 3.44 bits per heavy atom. The minimum absolute atomic E-state index is 0.136. The third kappa shape index (κ3) is 2.29. The second-order valence-corrected chi connectivity index (χ2v) is 4.36. The number of nitrogens with zero attached hydrogens (tertiary/aromatic N) is 2. The molecular weight excluding hydrogens is 278 g/mol. The van der Waals surface area contributed by atoms with Gasteiger partial charge < -0.3 is 14.8 Å². The Hall–Kier alpha value is -1.24. The predicted molar refractivity (Wildman–Crippen MR) is 59.3 cm³/mol. The molecule has 0 saturated carbocycles. The molecule has 1 aromatic heterocycles. The van der Waals surface area contributed by atoms with Crippen LogP contribution in [0.4, 0.5) is 4.79 Å². The molecule has 0 fully saturated rings. The number of alkyl carbamates (subject to hydrolysis) is 1. The molecule has 2 rings (SSSR count). The first-order chi connectivity index (χ1) is 7.70. The van der Waals surface area contributed by atoms with Gasteiger partial charge >= 0.3 is 6.09 Å². The SMILES string of the molecule is CNC(=O)OCC1COc2c(Br)cnn2C1. The summed E-state index contributed by atoms with van der Waals surface area (Å²) in [6.07, 6.45) is 1.27. The number of carbonyl (C=O) groups excluding carboxylic acids is 1. The largest absolute Gasteiger partial charge is 0.477 e. The van der Waals surface area contributed by atoms with E-state index in [9.17, 15) is 4.79 Å². The molecule has 0 bridgehead atoms. The minimum Gasteiger partial charge on any atom is -0.477 e. The van der Waals surface area contributed by atoms with Crippen LogP contribution in [0.15, 0.2) is 10.7 Å². The number of amides is 1. The fourth-order valence-corrected chi connectivity index (χ4v) is 1.90. The van der Waals surface area contributed by atoms with Gasteiger partial charge in [-0.05, 0) is 15.9 Å². The molecule has 0 aliphatic carbocycles. The van der Waals surface area contributed by atoms with Gasteiger partial charge in [0.2, 0.25) is 5.88 Å². The zero-order valence-corrected chi connectivity index (χ0v) is 10.4. The van der Waals surface area contributed by atoms with Crippen molar-refractivity contribution >= 4 is 22.0 Å². The van der Waals surface area contributed by atoms with Crippen LogP contribution in [0.2, 0.25) is 0 Å². The van der Waals surface area contributed by atoms with E-state index in [1.165, 1.54) is 7.05 Å². The van der Waals surface area contributed by atoms with Crippen LogP contribution in [-0.4, -0.2) is 36.1 Å². The Balaban J connectivity index is 1.90. The number of aromatic nitrogens is 2. The monoisotopic (exact) mass is 289 g/mol. The van der Waals surface area contributed by atoms with Gasteiger partial charge in [-0.3, -0.25) is 0 Å². The van der Waals surface area contributed by atoms with Crippen LogP contribution in [0.5, 0.6) is 5.88 Å². The molecule has 1 unspecified atom stereocenters. The smallest absolute Gasteiger partial charge is 0.406 e. The molecule has 1 atom stereocenters. The van der Waals surface area contributed by atoms with Crippen molar-refractivity contribution in [3.8, 4) is 5.88 Å². The third-order valence-corrected chi connectivity index (χ3v) is 2.83. The average Bonchev–Trinajstić information content (AvgIpc) is 2.67. The van der Waals surface area contributed by atoms with Crippen LogP contribution in [-0.2, 0) is 11.3 Å². The summed E-state index contributed by atoms with van der Waals surface area (Å²) in [7, 11) is 1.53. The maximum Gasteiger partial charge on any atom is 0.406 e. The number of halogens is 1. The van der Waals surface area contributed by atoms with E-state index in [0.29, 0.717) is 19.8 Å². The molecule has 1 N–H and O–H groups in total. The van der Waals surface area contributed by atoms with Crippen molar-refractivity contribution < 1.29 is 14.3 Å². The zero-order chi connectivity index (χ0) is 11.5. The highest BCUT2D eigenvalue weighted by Crippen LogP contribution is 2.28. The molecule has 1 amide bonds. The van der Waals surface area contributed by atoms with E-state index in [1.807, 2.05) is 0 Å². The Kier molecular flexibility index (Phi) is 3.33. The van der Waals surface area contributed by atoms with Crippen molar-refractivity contribution in [2.75, 3.05) is 20.3 Å². The van der Waals surface area contributed by atoms with Gasteiger partial charge in [0.05, 0.1) is 23.8 Å². The third-order valence-electron chi connectivity index (χ3n) is 2.29. The Morgan fingerprint density at radius 1 is 1.88 bits per heavy atom. The summed E-state index contributed by atoms with van der Waals surface area (Å²) < 4.78 is 13.1. The van der Waals surface area contributed by atoms with Gasteiger partial charge in [-0.1, -0.05) is 0 Å². The molecule has 1 aromatic rings. The summed E-state index contributed by atoms with van der Waals surface area (Å²) >= 11 is 3.34. The molecule has 1 aliphatic rings. The molecule has 88 valence electrons. The summed E-state index contributed by atoms with van der Waals surface area (Å²) in [6.45, 7) is 1.55. The van der Waals surface area contributed by atoms with Crippen LogP contribution in [0.1, 0.15) is 0 Å². The lowest BCUT2D eigenvalue weighted by molar-refractivity contribution is 0.0816. The van der Waals surface area contributed by atoms with Crippen LogP contribution in [0.3, 0.4) is 0 Å². The zero-order valence-electron chi connectivity index (χ0n) is 8.77. The maximum absolute atomic E-state index is 10.9. The highest BCUT2D eigenvalue weighted by molar-refractivity contribution is 9.10. The van der Waals surface area contributed by atoms with Gasteiger partial charge in [0.15, 0.2) is 0 Å². The van der Waals surface area contributed by atoms with Gasteiger partial charge in [-0.25, -0.2) is 9.48 Å². The quantitative estimate of drug-likeness (QED) is 0.883. The molecule has 0 radical (unpaired) electrons. The summed E-state index contributed by atoms with van der Waals surface area (Å²) in [6, 6.07) is 0. The van der Waals surface area contributed by atoms with Gasteiger partial charge in [0.1, 0.15) is 6.61 Å². The van der Waals surface area contributed by atoms with E-state index >= 15 is 0 Å². The van der Waals surface area contributed by atoms with Gasteiger partial charge in [-0.15, -0.1) is 0 Å². The van der Waals surface area contributed by atoms with E-state index in [0.717, 1.165) is 10.4 Å². The standard InChI is InChI=1S/C9H12BrN3O3/c1-11-9(14)16-5-6-3-13-8(15-4-6)7(10)2-12-13/h2,6H,3-5H2,1H3,(H,11,14). The van der Waals surface area contributed by atoms with Crippen molar-refractivity contribution in [2.45, 2.75) is 6.54 Å². The molecule has 2 heterocycles. The molecule has 0 spiro atoms. The molecule has 0 aromatic carbocycles. The van der Waals surface area contributed by atoms with Crippen molar-refractivity contribution in [1.29, 1.82) is 0 Å². The lowest BCUT2D eigenvalue weighted by atomic mass is 10.1. The summed E-state index contributed by atoms with van der Waals surface area (Å²) in [5, 5.41) is 6.54. The summed E-state index contributed by atoms with van der Waals surface area (Å²) in [5.74, 6) is 0.868. The number of ether oxygens (including phenoxy) is 2. The first-order valence-corrected chi connectivity index (χ1v) is 5.68. The first-order valence-electron chi connectivity index (χ1n) is 4.89. The van der Waals surface area contributed by atoms with Gasteiger partial charge in [-0.2, -0.15) is 5.10 Å². The lowest BCUT2D eigenvalue weighted by Gasteiger charge is -2.23. The van der Waals surface area contributed by atoms with Crippen LogP contribution in [0.25, 0.3) is 0 Å². The van der Waals surface area contributed by atoms with Crippen molar-refractivity contribution in [1.82, 2.24) is 15.1 Å². The van der Waals surface area contributed by atoms with E-state index in [1.54, 1.807) is 10.9 Å². The van der Waals surface area contributed by atoms with Crippen LogP contribution < -0.4 is 10.1 Å². The van der Waals surface area contributed by atoms with Crippen molar-refractivity contribution in [3.63, 3.8) is 0 Å². The van der Waals surface area contributed by atoms with Crippen LogP contribution >= 0.6 is 15.9 Å². The fourth-order valence-electron chi connectivity index (χ4n) is 1.49. The number of fused-ring (bicyclic) bond motifs is 1. The molecule has 1 aliphatic heterocycles. The summed E-state index contributed by atoms with van der Waals surface area (Å²) in [4.78, 5) is 10.9. The number of hydrogen-bond acceptors (Lipinski definition) is 4. The normalized spacial score (nSPS) is 18.5. The van der Waals surface area contributed by atoms with Crippen molar-refractivity contribution in [2.24, 2.45) is 5.92 Å². The average molecular weight is 290 g/mol.